The predicted molar refractivity (Wildman–Crippen MR) is 89.0 cm³/mol. The molecule has 0 aliphatic carbocycles. The first kappa shape index (κ1) is 18.0. The Hall–Kier alpha value is -2.33. The van der Waals surface area contributed by atoms with E-state index in [4.69, 9.17) is 15.2 Å². The zero-order valence-electron chi connectivity index (χ0n) is 13.2. The molecule has 126 valence electrons. The molecule has 1 atom stereocenters. The van der Waals surface area contributed by atoms with Crippen molar-refractivity contribution in [1.82, 2.24) is 0 Å². The van der Waals surface area contributed by atoms with Crippen LogP contribution >= 0.6 is 15.9 Å². The number of alkyl halides is 1. The van der Waals surface area contributed by atoms with Crippen LogP contribution in [0.5, 0.6) is 0 Å². The number of nitriles is 1. The highest BCUT2D eigenvalue weighted by Gasteiger charge is 2.36. The summed E-state index contributed by atoms with van der Waals surface area (Å²) in [6.07, 6.45) is 0. The number of carbonyl (C=O) groups excluding carboxylic acids is 1. The molecule has 1 aliphatic heterocycles. The molecule has 2 N–H and O–H groups in total. The zero-order chi connectivity index (χ0) is 17.9. The topological polar surface area (TPSA) is 85.3 Å². The van der Waals surface area contributed by atoms with Gasteiger partial charge in [0.15, 0.2) is 0 Å². The van der Waals surface area contributed by atoms with E-state index in [0.29, 0.717) is 16.5 Å². The van der Waals surface area contributed by atoms with Gasteiger partial charge in [0.2, 0.25) is 5.88 Å². The van der Waals surface area contributed by atoms with Crippen LogP contribution in [0, 0.1) is 17.1 Å². The summed E-state index contributed by atoms with van der Waals surface area (Å²) in [5, 5.41) is 9.79. The van der Waals surface area contributed by atoms with Gasteiger partial charge in [0.25, 0.3) is 0 Å². The van der Waals surface area contributed by atoms with Gasteiger partial charge in [-0.25, -0.2) is 9.18 Å². The second-order valence-electron chi connectivity index (χ2n) is 5.10. The van der Waals surface area contributed by atoms with E-state index in [2.05, 4.69) is 15.9 Å². The third-order valence-electron chi connectivity index (χ3n) is 3.66. The summed E-state index contributed by atoms with van der Waals surface area (Å²) in [7, 11) is 0. The highest BCUT2D eigenvalue weighted by Crippen LogP contribution is 2.40. The van der Waals surface area contributed by atoms with Gasteiger partial charge in [0.05, 0.1) is 18.1 Å². The van der Waals surface area contributed by atoms with Gasteiger partial charge in [-0.2, -0.15) is 5.26 Å². The molecular formula is C17H16BrFN2O3. The van der Waals surface area contributed by atoms with E-state index in [1.165, 1.54) is 6.07 Å². The molecule has 0 amide bonds. The second kappa shape index (κ2) is 7.49. The van der Waals surface area contributed by atoms with Crippen LogP contribution in [0.25, 0.3) is 0 Å². The maximum absolute atomic E-state index is 14.2. The van der Waals surface area contributed by atoms with E-state index in [1.807, 2.05) is 6.07 Å². The molecule has 5 nitrogen and oxygen atoms in total. The van der Waals surface area contributed by atoms with Gasteiger partial charge in [-0.1, -0.05) is 28.1 Å². The molecule has 0 fully saturated rings. The van der Waals surface area contributed by atoms with Gasteiger partial charge in [-0.15, -0.1) is 0 Å². The van der Waals surface area contributed by atoms with E-state index in [0.717, 1.165) is 0 Å². The molecular weight excluding hydrogens is 379 g/mol. The lowest BCUT2D eigenvalue weighted by molar-refractivity contribution is -0.139. The fourth-order valence-electron chi connectivity index (χ4n) is 2.54. The Morgan fingerprint density at radius 1 is 1.54 bits per heavy atom. The van der Waals surface area contributed by atoms with Crippen LogP contribution in [-0.4, -0.2) is 12.6 Å². The molecule has 1 aromatic rings. The smallest absolute Gasteiger partial charge is 0.338 e. The van der Waals surface area contributed by atoms with Crippen molar-refractivity contribution in [3.05, 3.63) is 57.9 Å². The fourth-order valence-corrected chi connectivity index (χ4v) is 2.99. The van der Waals surface area contributed by atoms with Crippen LogP contribution in [0.2, 0.25) is 0 Å². The first-order valence-electron chi connectivity index (χ1n) is 7.24. The molecule has 24 heavy (non-hydrogen) atoms. The molecule has 0 bridgehead atoms. The number of hydrogen-bond acceptors (Lipinski definition) is 5. The minimum Gasteiger partial charge on any atom is -0.463 e. The van der Waals surface area contributed by atoms with Crippen LogP contribution in [-0.2, 0) is 19.6 Å². The molecule has 0 spiro atoms. The summed E-state index contributed by atoms with van der Waals surface area (Å²) >= 11 is 3.20. The second-order valence-corrected chi connectivity index (χ2v) is 5.66. The molecule has 1 aromatic carbocycles. The van der Waals surface area contributed by atoms with Gasteiger partial charge < -0.3 is 15.2 Å². The number of halogens is 2. The van der Waals surface area contributed by atoms with Gasteiger partial charge in [-0.3, -0.25) is 0 Å². The van der Waals surface area contributed by atoms with Crippen molar-refractivity contribution in [2.75, 3.05) is 6.61 Å². The minimum atomic E-state index is -0.832. The summed E-state index contributed by atoms with van der Waals surface area (Å²) in [5.74, 6) is -1.75. The van der Waals surface area contributed by atoms with Gasteiger partial charge >= 0.3 is 5.97 Å². The minimum absolute atomic E-state index is 0.0506. The SMILES string of the molecule is CCOC(=O)C1=C(C)OC(N)=C(C#N)C1c1ccc(CBr)c(F)c1. The fraction of sp³-hybridized carbons (Fsp3) is 0.294. The number of nitrogens with zero attached hydrogens (tertiary/aromatic N) is 1. The monoisotopic (exact) mass is 394 g/mol. The third-order valence-corrected chi connectivity index (χ3v) is 4.26. The van der Waals surface area contributed by atoms with Crippen molar-refractivity contribution < 1.29 is 18.7 Å². The van der Waals surface area contributed by atoms with Crippen LogP contribution in [0.15, 0.2) is 41.0 Å². The van der Waals surface area contributed by atoms with Gasteiger partial charge in [0, 0.05) is 5.33 Å². The Kier molecular flexibility index (Phi) is 5.62. The summed E-state index contributed by atoms with van der Waals surface area (Å²) in [4.78, 5) is 12.3. The van der Waals surface area contributed by atoms with E-state index in [-0.39, 0.29) is 29.4 Å². The lowest BCUT2D eigenvalue weighted by Gasteiger charge is -2.27. The zero-order valence-corrected chi connectivity index (χ0v) is 14.8. The van der Waals surface area contributed by atoms with Crippen molar-refractivity contribution in [3.8, 4) is 6.07 Å². The molecule has 7 heteroatoms. The van der Waals surface area contributed by atoms with E-state index in [9.17, 15) is 14.4 Å². The summed E-state index contributed by atoms with van der Waals surface area (Å²) in [6, 6.07) is 6.50. The maximum Gasteiger partial charge on any atom is 0.338 e. The van der Waals surface area contributed by atoms with Crippen LogP contribution in [0.1, 0.15) is 30.9 Å². The van der Waals surface area contributed by atoms with E-state index < -0.39 is 17.7 Å². The summed E-state index contributed by atoms with van der Waals surface area (Å²) < 4.78 is 24.5. The van der Waals surface area contributed by atoms with Gasteiger partial charge in [0.1, 0.15) is 23.2 Å². The van der Waals surface area contributed by atoms with Crippen molar-refractivity contribution in [1.29, 1.82) is 5.26 Å². The predicted octanol–water partition coefficient (Wildman–Crippen LogP) is 3.37. The maximum atomic E-state index is 14.2. The van der Waals surface area contributed by atoms with Crippen LogP contribution in [0.3, 0.4) is 0 Å². The molecule has 2 rings (SSSR count). The average Bonchev–Trinajstić information content (AvgIpc) is 2.54. The number of benzene rings is 1. The molecule has 0 saturated heterocycles. The summed E-state index contributed by atoms with van der Waals surface area (Å²) in [6.45, 7) is 3.40. The number of allylic oxidation sites excluding steroid dienone is 2. The van der Waals surface area contributed by atoms with Crippen molar-refractivity contribution in [2.24, 2.45) is 5.73 Å². The Bertz CT molecular complexity index is 781. The largest absolute Gasteiger partial charge is 0.463 e. The molecule has 0 saturated carbocycles. The number of rotatable bonds is 4. The Labute approximate surface area is 147 Å². The quantitative estimate of drug-likeness (QED) is 0.624. The molecule has 1 unspecified atom stereocenters. The Balaban J connectivity index is 2.62. The lowest BCUT2D eigenvalue weighted by atomic mass is 9.83. The molecule has 0 radical (unpaired) electrons. The van der Waals surface area contributed by atoms with Crippen molar-refractivity contribution >= 4 is 21.9 Å². The van der Waals surface area contributed by atoms with Crippen LogP contribution < -0.4 is 5.73 Å². The highest BCUT2D eigenvalue weighted by molar-refractivity contribution is 9.08. The number of carbonyl (C=O) groups is 1. The van der Waals surface area contributed by atoms with Crippen LogP contribution in [0.4, 0.5) is 4.39 Å². The number of ether oxygens (including phenoxy) is 2. The first-order valence-corrected chi connectivity index (χ1v) is 8.36. The normalized spacial score (nSPS) is 17.4. The number of nitrogens with two attached hydrogens (primary N) is 1. The van der Waals surface area contributed by atoms with Crippen molar-refractivity contribution in [2.45, 2.75) is 25.1 Å². The average molecular weight is 395 g/mol. The molecule has 1 heterocycles. The van der Waals surface area contributed by atoms with Gasteiger partial charge in [-0.05, 0) is 31.0 Å². The van der Waals surface area contributed by atoms with E-state index in [1.54, 1.807) is 26.0 Å². The lowest BCUT2D eigenvalue weighted by Crippen LogP contribution is -2.25. The number of esters is 1. The van der Waals surface area contributed by atoms with Crippen molar-refractivity contribution in [3.63, 3.8) is 0 Å². The third kappa shape index (κ3) is 3.29. The number of hydrogen-bond donors (Lipinski definition) is 1. The summed E-state index contributed by atoms with van der Waals surface area (Å²) in [5.41, 5.74) is 6.89. The molecule has 0 aromatic heterocycles. The van der Waals surface area contributed by atoms with E-state index >= 15 is 0 Å². The standard InChI is InChI=1S/C17H16BrFN2O3/c1-3-23-17(22)14-9(2)24-16(21)12(8-20)15(14)10-4-5-11(7-18)13(19)6-10/h4-6,15H,3,7,21H2,1-2H3. The molecule has 1 aliphatic rings. The first-order chi connectivity index (χ1) is 11.4. The highest BCUT2D eigenvalue weighted by atomic mass is 79.9. The Morgan fingerprint density at radius 2 is 2.25 bits per heavy atom. The Morgan fingerprint density at radius 3 is 2.79 bits per heavy atom.